The maximum atomic E-state index is 11.6. The predicted octanol–water partition coefficient (Wildman–Crippen LogP) is 3.46. The molecule has 0 saturated heterocycles. The van der Waals surface area contributed by atoms with Gasteiger partial charge in [-0.1, -0.05) is 35.0 Å². The second-order valence-corrected chi connectivity index (χ2v) is 6.62. The molecule has 2 rings (SSSR count). The van der Waals surface area contributed by atoms with Crippen molar-refractivity contribution in [2.45, 2.75) is 0 Å². The minimum Gasteiger partial charge on any atom is -0.693 e. The van der Waals surface area contributed by atoms with Gasteiger partial charge in [-0.05, 0) is 6.26 Å². The van der Waals surface area contributed by atoms with Crippen LogP contribution in [0.1, 0.15) is 21.0 Å². The van der Waals surface area contributed by atoms with Crippen LogP contribution in [0.4, 0.5) is 23.3 Å². The molecule has 2 aromatic rings. The summed E-state index contributed by atoms with van der Waals surface area (Å²) in [4.78, 5) is 37.3. The number of nitrogen functional groups attached to an aromatic ring is 4. The van der Waals surface area contributed by atoms with Gasteiger partial charge in [0.1, 0.15) is 0 Å². The van der Waals surface area contributed by atoms with Crippen LogP contribution in [0.5, 0.6) is 0 Å². The fraction of sp³-hybridized carbons (Fsp3) is 0.0588. The van der Waals surface area contributed by atoms with Gasteiger partial charge in [-0.25, -0.2) is 19.9 Å². The minimum atomic E-state index is -0.832. The van der Waals surface area contributed by atoms with E-state index in [1.807, 2.05) is 5.32 Å². The zero-order valence-electron chi connectivity index (χ0n) is 22.5. The Morgan fingerprint density at radius 3 is 1.34 bits per heavy atom. The van der Waals surface area contributed by atoms with Crippen molar-refractivity contribution in [2.75, 3.05) is 29.2 Å². The molecule has 0 aliphatic heterocycles. The zero-order valence-corrected chi connectivity index (χ0v) is 38.7. The quantitative estimate of drug-likeness (QED) is 0.0932. The van der Waals surface area contributed by atoms with Crippen LogP contribution in [0.15, 0.2) is 0 Å². The Morgan fingerprint density at radius 1 is 0.780 bits per heavy atom. The van der Waals surface area contributed by atoms with Crippen LogP contribution in [-0.2, 0) is 108 Å². The molecule has 0 spiro atoms. The SMILES string of the molecule is CSC(=N)NC(=O)c1nc(Cl)c(N)nc1N.I.N=C([NH-])NC(=O)c1nc(Cl)c(N)nc1N.[CH3-].[CH3-].[CH3-].[CH3-].[NH2-].[W+2].[W].[Y].[Y]. The summed E-state index contributed by atoms with van der Waals surface area (Å²) in [6, 6.07) is 0. The average molecular weight is 1240 g/mol. The van der Waals surface area contributed by atoms with Gasteiger partial charge in [-0.2, -0.15) is 0 Å². The van der Waals surface area contributed by atoms with E-state index in [2.05, 4.69) is 25.3 Å². The average Bonchev–Trinajstić information content (AvgIpc) is 2.67. The van der Waals surface area contributed by atoms with Gasteiger partial charge in [0.2, 0.25) is 5.91 Å². The largest absolute Gasteiger partial charge is 2.00 e. The predicted molar refractivity (Wildman–Crippen MR) is 166 cm³/mol. The summed E-state index contributed by atoms with van der Waals surface area (Å²) < 4.78 is 0. The van der Waals surface area contributed by atoms with Crippen molar-refractivity contribution < 1.29 is 117 Å². The first-order valence-electron chi connectivity index (χ1n) is 7.59. The molecule has 41 heavy (non-hydrogen) atoms. The van der Waals surface area contributed by atoms with E-state index in [0.717, 1.165) is 11.8 Å². The number of thioether (sulfide) groups is 1. The number of guanidine groups is 1. The van der Waals surface area contributed by atoms with Crippen LogP contribution in [0.3, 0.4) is 0 Å². The molecule has 0 bridgehead atoms. The van der Waals surface area contributed by atoms with Gasteiger partial charge >= 0.3 is 21.1 Å². The molecule has 24 heteroatoms. The van der Waals surface area contributed by atoms with E-state index in [0.29, 0.717) is 0 Å². The number of amidine groups is 1. The topological polar surface area (TPSA) is 319 Å². The van der Waals surface area contributed by atoms with Crippen molar-refractivity contribution >= 4 is 105 Å². The van der Waals surface area contributed by atoms with E-state index in [1.54, 1.807) is 6.26 Å². The summed E-state index contributed by atoms with van der Waals surface area (Å²) in [5, 5.41) is 17.8. The van der Waals surface area contributed by atoms with Crippen LogP contribution in [0.2, 0.25) is 10.3 Å². The molecule has 0 aromatic carbocycles. The summed E-state index contributed by atoms with van der Waals surface area (Å²) in [6.07, 6.45) is 1.65. The number of carbonyl (C=O) groups is 2. The molecular formula is C17H31Cl2IN14O2SW2Y2-4. The molecule has 15 N–H and O–H groups in total. The van der Waals surface area contributed by atoms with Crippen molar-refractivity contribution in [2.24, 2.45) is 0 Å². The van der Waals surface area contributed by atoms with Gasteiger partial charge in [-0.3, -0.25) is 15.0 Å². The van der Waals surface area contributed by atoms with Crippen molar-refractivity contribution in [3.63, 3.8) is 0 Å². The fourth-order valence-electron chi connectivity index (χ4n) is 1.60. The van der Waals surface area contributed by atoms with Crippen molar-refractivity contribution in [1.82, 2.24) is 30.6 Å². The maximum absolute atomic E-state index is 11.6. The molecule has 0 fully saturated rings. The van der Waals surface area contributed by atoms with E-state index >= 15 is 0 Å². The van der Waals surface area contributed by atoms with E-state index in [4.69, 9.17) is 62.7 Å². The molecule has 2 heterocycles. The number of rotatable bonds is 2. The summed E-state index contributed by atoms with van der Waals surface area (Å²) >= 11 is 12.2. The van der Waals surface area contributed by atoms with Crippen LogP contribution in [0, 0.1) is 40.5 Å². The standard InChI is InChI=1S/C7H9ClN6OS.C6H8ClN7O.4CH3.HI.H2N.2W.2Y/c1-16-7(11)14-6(15)2-4(9)13-5(10)3(8)12-2;7-2-4(9)13-3(8)1(12-2)5(15)14-6(10)11;;;;;;;;;;/h1H3,(H4,9,10,13)(H2,11,14,15);(H8,8,9,10,11,13,14,15);4*1H3;1H;1H2;;;;/q;;4*-1;;-1;;+2;;/p-1. The fourth-order valence-corrected chi connectivity index (χ4v) is 2.05. The molecule has 2 amide bonds. The number of carbonyl (C=O) groups excluding carboxylic acids is 2. The minimum absolute atomic E-state index is 0. The van der Waals surface area contributed by atoms with Gasteiger partial charge in [-0.15, -0.1) is 24.0 Å². The van der Waals surface area contributed by atoms with E-state index < -0.39 is 17.8 Å². The Kier molecular flexibility index (Phi) is 56.2. The number of nitrogens with two attached hydrogens (primary N) is 5. The van der Waals surface area contributed by atoms with Crippen molar-refractivity contribution in [3.8, 4) is 0 Å². The molecule has 16 nitrogen and oxygen atoms in total. The Morgan fingerprint density at radius 2 is 1.07 bits per heavy atom. The van der Waals surface area contributed by atoms with Crippen molar-refractivity contribution in [1.29, 1.82) is 10.8 Å². The summed E-state index contributed by atoms with van der Waals surface area (Å²) in [5.74, 6) is -2.74. The number of hydrogen-bond donors (Lipinski definition) is 8. The number of amides is 2. The Labute approximate surface area is 351 Å². The van der Waals surface area contributed by atoms with Crippen LogP contribution < -0.4 is 33.6 Å². The molecule has 2 aromatic heterocycles. The first-order chi connectivity index (χ1) is 14.4. The van der Waals surface area contributed by atoms with Gasteiger partial charge in [0.15, 0.2) is 50.1 Å². The first-order valence-corrected chi connectivity index (χ1v) is 9.57. The molecular weight excluding hydrogens is 1210 g/mol. The molecule has 0 aliphatic carbocycles. The first kappa shape index (κ1) is 68.7. The monoisotopic (exact) mass is 1240 g/mol. The number of anilines is 4. The molecule has 2 radical (unpaired) electrons. The third-order valence-corrected chi connectivity index (χ3v) is 3.98. The van der Waals surface area contributed by atoms with Gasteiger partial charge in [0.05, 0.1) is 0 Å². The van der Waals surface area contributed by atoms with Gasteiger partial charge in [0, 0.05) is 92.4 Å². The zero-order chi connectivity index (χ0) is 23.9. The summed E-state index contributed by atoms with van der Waals surface area (Å²) in [5.41, 5.74) is 27.8. The number of aromatic nitrogens is 4. The second kappa shape index (κ2) is 33.5. The normalized spacial score (nSPS) is 7.39. The van der Waals surface area contributed by atoms with Gasteiger partial charge in [0.25, 0.3) is 5.91 Å². The number of halogens is 3. The molecule has 0 saturated carbocycles. The van der Waals surface area contributed by atoms with Crippen molar-refractivity contribution in [3.05, 3.63) is 63.3 Å². The number of nitrogens with one attached hydrogen (secondary N) is 5. The maximum Gasteiger partial charge on any atom is 2.00 e. The number of hydrogen-bond acceptors (Lipinski definition) is 13. The van der Waals surface area contributed by atoms with Crippen LogP contribution in [-0.4, -0.2) is 49.1 Å². The molecule has 0 aliphatic rings. The smallest absolute Gasteiger partial charge is 0.693 e. The number of nitrogens with zero attached hydrogens (tertiary/aromatic N) is 4. The third-order valence-electron chi connectivity index (χ3n) is 2.91. The molecule has 230 valence electrons. The van der Waals surface area contributed by atoms with E-state index in [-0.39, 0.29) is 218 Å². The Hall–Kier alpha value is 0.644. The van der Waals surface area contributed by atoms with Crippen LogP contribution in [0.25, 0.3) is 11.9 Å². The Bertz CT molecular complexity index is 1080. The second-order valence-electron chi connectivity index (χ2n) is 5.08. The summed E-state index contributed by atoms with van der Waals surface area (Å²) in [6.45, 7) is 0. The third kappa shape index (κ3) is 23.7. The molecule has 0 unspecified atom stereocenters. The van der Waals surface area contributed by atoms with Crippen LogP contribution >= 0.6 is 58.9 Å². The Balaban J connectivity index is -0.0000000472. The van der Waals surface area contributed by atoms with E-state index in [9.17, 15) is 9.59 Å². The van der Waals surface area contributed by atoms with Gasteiger partial charge < -0.3 is 80.6 Å². The molecule has 0 atom stereocenters. The van der Waals surface area contributed by atoms with E-state index in [1.165, 1.54) is 0 Å². The summed E-state index contributed by atoms with van der Waals surface area (Å²) in [7, 11) is 0.